The van der Waals surface area contributed by atoms with Crippen molar-refractivity contribution in [2.45, 2.75) is 37.8 Å². The van der Waals surface area contributed by atoms with Crippen molar-refractivity contribution >= 4 is 5.69 Å². The highest BCUT2D eigenvalue weighted by Gasteiger charge is 2.21. The molecule has 0 radical (unpaired) electrons. The molecule has 1 heterocycles. The number of nitrogen functional groups attached to an aromatic ring is 1. The van der Waals surface area contributed by atoms with Crippen LogP contribution >= 0.6 is 0 Å². The lowest BCUT2D eigenvalue weighted by Crippen LogP contribution is -2.34. The lowest BCUT2D eigenvalue weighted by molar-refractivity contribution is 0.126. The van der Waals surface area contributed by atoms with Crippen LogP contribution in [0.3, 0.4) is 0 Å². The fourth-order valence-corrected chi connectivity index (χ4v) is 2.30. The molecule has 2 rings (SSSR count). The number of hydrogen-bond acceptors (Lipinski definition) is 3. The van der Waals surface area contributed by atoms with Crippen LogP contribution < -0.4 is 11.1 Å². The van der Waals surface area contributed by atoms with Gasteiger partial charge in [0.25, 0.3) is 0 Å². The third kappa shape index (κ3) is 2.74. The highest BCUT2D eigenvalue weighted by Crippen LogP contribution is 2.23. The molecule has 2 atom stereocenters. The van der Waals surface area contributed by atoms with Gasteiger partial charge in [-0.3, -0.25) is 0 Å². The second-order valence-electron chi connectivity index (χ2n) is 4.52. The maximum Gasteiger partial charge on any atom is 0.0943 e. The molecule has 0 amide bonds. The van der Waals surface area contributed by atoms with Crippen molar-refractivity contribution in [3.8, 4) is 0 Å². The molecule has 1 aromatic carbocycles. The first kappa shape index (κ1) is 11.4. The molecule has 1 aromatic rings. The summed E-state index contributed by atoms with van der Waals surface area (Å²) in [4.78, 5) is 0. The fraction of sp³-hybridized carbons (Fsp3) is 0.538. The third-order valence-corrected chi connectivity index (χ3v) is 3.23. The van der Waals surface area contributed by atoms with Gasteiger partial charge in [-0.25, -0.2) is 0 Å². The van der Waals surface area contributed by atoms with Gasteiger partial charge < -0.3 is 16.2 Å². The van der Waals surface area contributed by atoms with Crippen LogP contribution in [0.2, 0.25) is 0 Å². The van der Waals surface area contributed by atoms with Gasteiger partial charge in [-0.1, -0.05) is 25.0 Å². The Labute approximate surface area is 96.7 Å². The zero-order chi connectivity index (χ0) is 11.4. The second-order valence-corrected chi connectivity index (χ2v) is 4.52. The number of hydrogen-bond donors (Lipinski definition) is 3. The average Bonchev–Trinajstić information content (AvgIpc) is 2.56. The zero-order valence-corrected chi connectivity index (χ0v) is 9.52. The maximum absolute atomic E-state index is 10.3. The van der Waals surface area contributed by atoms with Crippen LogP contribution in [0, 0.1) is 0 Å². The monoisotopic (exact) mass is 220 g/mol. The lowest BCUT2D eigenvalue weighted by atomic mass is 9.98. The van der Waals surface area contributed by atoms with E-state index in [2.05, 4.69) is 5.32 Å². The van der Waals surface area contributed by atoms with Crippen molar-refractivity contribution in [3.63, 3.8) is 0 Å². The first-order valence-electron chi connectivity index (χ1n) is 6.04. The van der Waals surface area contributed by atoms with Crippen molar-refractivity contribution < 1.29 is 5.11 Å². The molecule has 88 valence electrons. The molecule has 1 fully saturated rings. The minimum absolute atomic E-state index is 0.171. The predicted octanol–water partition coefficient (Wildman–Crippen LogP) is 1.83. The van der Waals surface area contributed by atoms with E-state index in [0.29, 0.717) is 5.69 Å². The Kier molecular flexibility index (Phi) is 3.80. The fourth-order valence-electron chi connectivity index (χ4n) is 2.30. The van der Waals surface area contributed by atoms with E-state index < -0.39 is 6.10 Å². The van der Waals surface area contributed by atoms with E-state index >= 15 is 0 Å². The average molecular weight is 220 g/mol. The van der Waals surface area contributed by atoms with Crippen molar-refractivity contribution in [1.82, 2.24) is 5.32 Å². The molecule has 0 aliphatic carbocycles. The van der Waals surface area contributed by atoms with E-state index in [-0.39, 0.29) is 6.04 Å². The second kappa shape index (κ2) is 5.32. The van der Waals surface area contributed by atoms with Gasteiger partial charge in [-0.05, 0) is 37.1 Å². The van der Waals surface area contributed by atoms with E-state index in [1.807, 2.05) is 24.3 Å². The molecular formula is C13H20N2O. The molecule has 16 heavy (non-hydrogen) atoms. The Hall–Kier alpha value is -1.06. The van der Waals surface area contributed by atoms with E-state index in [9.17, 15) is 5.11 Å². The molecule has 1 saturated heterocycles. The van der Waals surface area contributed by atoms with Gasteiger partial charge in [0.15, 0.2) is 0 Å². The smallest absolute Gasteiger partial charge is 0.0943 e. The van der Waals surface area contributed by atoms with Crippen molar-refractivity contribution in [2.75, 3.05) is 12.3 Å². The Morgan fingerprint density at radius 3 is 3.00 bits per heavy atom. The summed E-state index contributed by atoms with van der Waals surface area (Å²) >= 11 is 0. The van der Waals surface area contributed by atoms with Gasteiger partial charge in [-0.2, -0.15) is 0 Å². The molecule has 3 nitrogen and oxygen atoms in total. The van der Waals surface area contributed by atoms with Crippen LogP contribution in [0.4, 0.5) is 5.69 Å². The maximum atomic E-state index is 10.3. The first-order valence-corrected chi connectivity index (χ1v) is 6.04. The van der Waals surface area contributed by atoms with Gasteiger partial charge in [-0.15, -0.1) is 0 Å². The van der Waals surface area contributed by atoms with E-state index in [4.69, 9.17) is 5.73 Å². The summed E-state index contributed by atoms with van der Waals surface area (Å²) in [5.74, 6) is 0. The molecule has 0 spiro atoms. The molecule has 0 saturated carbocycles. The largest absolute Gasteiger partial charge is 0.399 e. The third-order valence-electron chi connectivity index (χ3n) is 3.23. The standard InChI is InChI=1S/C13H20N2O/c14-11-6-4-5-10(9-11)13(16)12-7-2-1-3-8-15-12/h4-6,9,12-13,15-16H,1-3,7-8,14H2. The summed E-state index contributed by atoms with van der Waals surface area (Å²) in [5.41, 5.74) is 7.35. The summed E-state index contributed by atoms with van der Waals surface area (Å²) in [6.07, 6.45) is 4.25. The van der Waals surface area contributed by atoms with Gasteiger partial charge in [0.05, 0.1) is 6.10 Å². The summed E-state index contributed by atoms with van der Waals surface area (Å²) in [6, 6.07) is 7.70. The van der Waals surface area contributed by atoms with Crippen LogP contribution in [0.25, 0.3) is 0 Å². The molecule has 2 unspecified atom stereocenters. The number of anilines is 1. The van der Waals surface area contributed by atoms with Crippen molar-refractivity contribution in [3.05, 3.63) is 29.8 Å². The van der Waals surface area contributed by atoms with Gasteiger partial charge >= 0.3 is 0 Å². The minimum Gasteiger partial charge on any atom is -0.399 e. The van der Waals surface area contributed by atoms with Crippen LogP contribution in [0.5, 0.6) is 0 Å². The van der Waals surface area contributed by atoms with Crippen LogP contribution in [0.1, 0.15) is 37.4 Å². The SMILES string of the molecule is Nc1cccc(C(O)C2CCCCCN2)c1. The molecule has 1 aliphatic rings. The Morgan fingerprint density at radius 2 is 2.19 bits per heavy atom. The number of aliphatic hydroxyl groups is 1. The van der Waals surface area contributed by atoms with Crippen LogP contribution in [-0.4, -0.2) is 17.7 Å². The predicted molar refractivity (Wildman–Crippen MR) is 66.1 cm³/mol. The molecule has 4 N–H and O–H groups in total. The summed E-state index contributed by atoms with van der Waals surface area (Å²) < 4.78 is 0. The lowest BCUT2D eigenvalue weighted by Gasteiger charge is -2.22. The van der Waals surface area contributed by atoms with Crippen LogP contribution in [-0.2, 0) is 0 Å². The van der Waals surface area contributed by atoms with Crippen molar-refractivity contribution in [1.29, 1.82) is 0 Å². The van der Waals surface area contributed by atoms with E-state index in [1.54, 1.807) is 0 Å². The number of nitrogens with two attached hydrogens (primary N) is 1. The highest BCUT2D eigenvalue weighted by atomic mass is 16.3. The normalized spacial score (nSPS) is 23.7. The van der Waals surface area contributed by atoms with Gasteiger partial charge in [0.2, 0.25) is 0 Å². The van der Waals surface area contributed by atoms with Crippen LogP contribution in [0.15, 0.2) is 24.3 Å². The van der Waals surface area contributed by atoms with Gasteiger partial charge in [0.1, 0.15) is 0 Å². The summed E-state index contributed by atoms with van der Waals surface area (Å²) in [7, 11) is 0. The first-order chi connectivity index (χ1) is 7.77. The zero-order valence-electron chi connectivity index (χ0n) is 9.52. The Balaban J connectivity index is 2.07. The summed E-state index contributed by atoms with van der Waals surface area (Å²) in [5, 5.41) is 13.7. The van der Waals surface area contributed by atoms with Gasteiger partial charge in [0, 0.05) is 11.7 Å². The molecule has 0 bridgehead atoms. The molecule has 3 heteroatoms. The molecule has 1 aliphatic heterocycles. The quantitative estimate of drug-likeness (QED) is 0.666. The number of benzene rings is 1. The minimum atomic E-state index is -0.443. The van der Waals surface area contributed by atoms with Crippen molar-refractivity contribution in [2.24, 2.45) is 0 Å². The van der Waals surface area contributed by atoms with E-state index in [0.717, 1.165) is 18.5 Å². The topological polar surface area (TPSA) is 58.3 Å². The Bertz CT molecular complexity index is 332. The molecular weight excluding hydrogens is 200 g/mol. The molecule has 0 aromatic heterocycles. The number of rotatable bonds is 2. The number of aliphatic hydroxyl groups excluding tert-OH is 1. The highest BCUT2D eigenvalue weighted by molar-refractivity contribution is 5.41. The number of nitrogens with one attached hydrogen (secondary N) is 1. The van der Waals surface area contributed by atoms with E-state index in [1.165, 1.54) is 19.3 Å². The summed E-state index contributed by atoms with van der Waals surface area (Å²) in [6.45, 7) is 1.00. The Morgan fingerprint density at radius 1 is 1.31 bits per heavy atom.